The number of hydrogen-bond donors (Lipinski definition) is 0. The summed E-state index contributed by atoms with van der Waals surface area (Å²) >= 11 is 12.5. The van der Waals surface area contributed by atoms with Crippen molar-refractivity contribution >= 4 is 36.3 Å². The predicted octanol–water partition coefficient (Wildman–Crippen LogP) is 4.49. The zero-order valence-electron chi connectivity index (χ0n) is 11.2. The van der Waals surface area contributed by atoms with Crippen molar-refractivity contribution in [2.45, 2.75) is 13.2 Å². The lowest BCUT2D eigenvalue weighted by atomic mass is 9.88. The van der Waals surface area contributed by atoms with Crippen LogP contribution in [0.3, 0.4) is 0 Å². The molecule has 0 radical (unpaired) electrons. The van der Waals surface area contributed by atoms with Gasteiger partial charge >= 0.3 is 0 Å². The quantitative estimate of drug-likeness (QED) is 0.758. The summed E-state index contributed by atoms with van der Waals surface area (Å²) in [6.45, 7) is 2.83. The third kappa shape index (κ3) is 2.53. The Morgan fingerprint density at radius 1 is 1.15 bits per heavy atom. The Labute approximate surface area is 129 Å². The van der Waals surface area contributed by atoms with Crippen LogP contribution >= 0.6 is 23.2 Å². The van der Waals surface area contributed by atoms with Crippen LogP contribution in [0.5, 0.6) is 0 Å². The fraction of sp³-hybridized carbons (Fsp3) is 0.200. The first kappa shape index (κ1) is 13.8. The van der Waals surface area contributed by atoms with Crippen molar-refractivity contribution in [1.82, 2.24) is 0 Å². The molecule has 1 aliphatic heterocycles. The lowest BCUT2D eigenvalue weighted by Crippen LogP contribution is -2.19. The van der Waals surface area contributed by atoms with Crippen LogP contribution < -0.4 is 4.97 Å². The summed E-state index contributed by atoms with van der Waals surface area (Å²) in [5.41, 5.74) is 4.21. The fourth-order valence-electron chi connectivity index (χ4n) is 2.43. The highest BCUT2D eigenvalue weighted by Crippen LogP contribution is 2.39. The summed E-state index contributed by atoms with van der Waals surface area (Å²) in [6, 6.07) is 12.0. The third-order valence-corrected chi connectivity index (χ3v) is 4.23. The molecule has 0 spiro atoms. The summed E-state index contributed by atoms with van der Waals surface area (Å²) in [5.74, 6) is 0. The van der Waals surface area contributed by atoms with E-state index < -0.39 is 0 Å². The Balaban J connectivity index is 2.16. The van der Waals surface area contributed by atoms with Crippen LogP contribution in [0.15, 0.2) is 36.4 Å². The molecule has 2 nitrogen and oxygen atoms in total. The molecule has 102 valence electrons. The fourth-order valence-corrected chi connectivity index (χ4v) is 2.83. The highest BCUT2D eigenvalue weighted by atomic mass is 35.5. The van der Waals surface area contributed by atoms with Gasteiger partial charge in [-0.2, -0.15) is 0 Å². The Bertz CT molecular complexity index is 642. The van der Waals surface area contributed by atoms with E-state index >= 15 is 0 Å². The molecule has 0 unspecified atom stereocenters. The molecule has 1 fully saturated rings. The average Bonchev–Trinajstić information content (AvgIpc) is 2.96. The van der Waals surface area contributed by atoms with Gasteiger partial charge in [-0.25, -0.2) is 0 Å². The van der Waals surface area contributed by atoms with Gasteiger partial charge in [-0.3, -0.25) is 4.84 Å². The van der Waals surface area contributed by atoms with Crippen molar-refractivity contribution in [2.75, 3.05) is 11.6 Å². The molecule has 0 bridgehead atoms. The van der Waals surface area contributed by atoms with Gasteiger partial charge in [0.05, 0.1) is 22.3 Å². The molecular formula is C15H14BCl2NO. The number of halogens is 2. The van der Waals surface area contributed by atoms with E-state index in [0.29, 0.717) is 10.0 Å². The number of rotatable bonds is 2. The molecule has 0 aliphatic carbocycles. The van der Waals surface area contributed by atoms with E-state index in [1.165, 1.54) is 5.56 Å². The Kier molecular flexibility index (Phi) is 3.93. The van der Waals surface area contributed by atoms with Crippen molar-refractivity contribution in [3.8, 4) is 11.1 Å². The van der Waals surface area contributed by atoms with Crippen LogP contribution in [0.25, 0.3) is 11.1 Å². The zero-order valence-corrected chi connectivity index (χ0v) is 12.7. The van der Waals surface area contributed by atoms with Crippen LogP contribution in [0.1, 0.15) is 5.56 Å². The first-order chi connectivity index (χ1) is 9.66. The molecule has 0 N–H and O–H groups in total. The second kappa shape index (κ2) is 5.68. The topological polar surface area (TPSA) is 12.5 Å². The number of aryl methyl sites for hydroxylation is 1. The number of anilines is 1. The van der Waals surface area contributed by atoms with Crippen LogP contribution in [-0.4, -0.2) is 14.0 Å². The molecule has 3 rings (SSSR count). The minimum absolute atomic E-state index is 0.568. The van der Waals surface area contributed by atoms with Gasteiger partial charge < -0.3 is 4.97 Å². The van der Waals surface area contributed by atoms with E-state index in [9.17, 15) is 0 Å². The van der Waals surface area contributed by atoms with Gasteiger partial charge in [0, 0.05) is 11.1 Å². The molecule has 0 amide bonds. The SMILES string of the molecule is Cc1ccc(N2BCCO2)c(-c2cccc(Cl)c2Cl)c1. The molecule has 2 aromatic rings. The van der Waals surface area contributed by atoms with Crippen LogP contribution in [-0.2, 0) is 4.84 Å². The highest BCUT2D eigenvalue weighted by molar-refractivity contribution is 6.44. The Morgan fingerprint density at radius 2 is 2.00 bits per heavy atom. The molecule has 0 saturated carbocycles. The van der Waals surface area contributed by atoms with E-state index in [-0.39, 0.29) is 0 Å². The molecule has 1 saturated heterocycles. The lowest BCUT2D eigenvalue weighted by Gasteiger charge is -2.21. The molecule has 0 aromatic heterocycles. The second-order valence-electron chi connectivity index (χ2n) is 4.91. The molecule has 1 aliphatic rings. The first-order valence-electron chi connectivity index (χ1n) is 6.62. The number of hydrogen-bond acceptors (Lipinski definition) is 2. The minimum Gasteiger partial charge on any atom is -0.304 e. The lowest BCUT2D eigenvalue weighted by molar-refractivity contribution is 0.185. The maximum Gasteiger partial charge on any atom is 0.275 e. The smallest absolute Gasteiger partial charge is 0.275 e. The second-order valence-corrected chi connectivity index (χ2v) is 5.70. The molecular weight excluding hydrogens is 292 g/mol. The van der Waals surface area contributed by atoms with Gasteiger partial charge in [0.15, 0.2) is 0 Å². The molecule has 2 aromatic carbocycles. The number of nitrogens with zero attached hydrogens (tertiary/aromatic N) is 1. The van der Waals surface area contributed by atoms with E-state index in [0.717, 1.165) is 37.2 Å². The standard InChI is InChI=1S/C15H14BCl2NO/c1-10-5-6-14(19-16-7-8-20-19)12(9-10)11-3-2-4-13(17)15(11)18/h2-6,9,16H,7-8H2,1H3. The van der Waals surface area contributed by atoms with Crippen LogP contribution in [0.4, 0.5) is 5.69 Å². The summed E-state index contributed by atoms with van der Waals surface area (Å²) in [7, 11) is 0.897. The van der Waals surface area contributed by atoms with Gasteiger partial charge in [-0.1, -0.05) is 47.0 Å². The zero-order chi connectivity index (χ0) is 14.1. The Hall–Kier alpha value is -1.16. The molecule has 5 heteroatoms. The summed E-state index contributed by atoms with van der Waals surface area (Å²) < 4.78 is 0. The monoisotopic (exact) mass is 305 g/mol. The van der Waals surface area contributed by atoms with Gasteiger partial charge in [-0.05, 0) is 31.4 Å². The maximum absolute atomic E-state index is 6.37. The van der Waals surface area contributed by atoms with Gasteiger partial charge in [0.2, 0.25) is 0 Å². The van der Waals surface area contributed by atoms with Crippen molar-refractivity contribution in [2.24, 2.45) is 0 Å². The normalized spacial score (nSPS) is 14.4. The number of benzene rings is 2. The van der Waals surface area contributed by atoms with Gasteiger partial charge in [0.25, 0.3) is 7.41 Å². The summed E-state index contributed by atoms with van der Waals surface area (Å²) in [4.78, 5) is 7.60. The average molecular weight is 306 g/mol. The maximum atomic E-state index is 6.37. The van der Waals surface area contributed by atoms with E-state index in [1.54, 1.807) is 6.07 Å². The van der Waals surface area contributed by atoms with Crippen LogP contribution in [0, 0.1) is 6.92 Å². The third-order valence-electron chi connectivity index (χ3n) is 3.42. The van der Waals surface area contributed by atoms with Gasteiger partial charge in [0.1, 0.15) is 0 Å². The molecule has 0 atom stereocenters. The van der Waals surface area contributed by atoms with Crippen molar-refractivity contribution < 1.29 is 4.84 Å². The summed E-state index contributed by atoms with van der Waals surface area (Å²) in [5, 5.41) is 1.15. The van der Waals surface area contributed by atoms with Crippen molar-refractivity contribution in [3.63, 3.8) is 0 Å². The molecule has 20 heavy (non-hydrogen) atoms. The molecule has 1 heterocycles. The van der Waals surface area contributed by atoms with E-state index in [1.807, 2.05) is 17.1 Å². The van der Waals surface area contributed by atoms with Gasteiger partial charge in [-0.15, -0.1) is 0 Å². The van der Waals surface area contributed by atoms with E-state index in [2.05, 4.69) is 25.1 Å². The Morgan fingerprint density at radius 3 is 2.75 bits per heavy atom. The predicted molar refractivity (Wildman–Crippen MR) is 87.0 cm³/mol. The van der Waals surface area contributed by atoms with E-state index in [4.69, 9.17) is 28.0 Å². The largest absolute Gasteiger partial charge is 0.304 e. The summed E-state index contributed by atoms with van der Waals surface area (Å²) in [6.07, 6.45) is 1.04. The minimum atomic E-state index is 0.568. The van der Waals surface area contributed by atoms with Crippen molar-refractivity contribution in [3.05, 3.63) is 52.0 Å². The van der Waals surface area contributed by atoms with Crippen molar-refractivity contribution in [1.29, 1.82) is 0 Å². The van der Waals surface area contributed by atoms with Crippen LogP contribution in [0.2, 0.25) is 16.4 Å². The highest BCUT2D eigenvalue weighted by Gasteiger charge is 2.20. The first-order valence-corrected chi connectivity index (χ1v) is 7.38.